The van der Waals surface area contributed by atoms with Crippen molar-refractivity contribution in [3.05, 3.63) is 83.4 Å². The molecule has 3 aromatic rings. The highest BCUT2D eigenvalue weighted by Crippen LogP contribution is 2.32. The average Bonchev–Trinajstić information content (AvgIpc) is 2.91. The standard InChI is InChI=1S/C21H12N2O2/c22-12-18(19-20(24)16-7-3-4-8-17(16)21(19)25)23-15-10-9-13-5-1-2-6-14(13)11-15/h1-11,24H. The highest BCUT2D eigenvalue weighted by atomic mass is 16.3. The summed E-state index contributed by atoms with van der Waals surface area (Å²) in [6, 6.07) is 22.0. The quantitative estimate of drug-likeness (QED) is 0.700. The summed E-state index contributed by atoms with van der Waals surface area (Å²) in [6.45, 7) is 0. The number of ketones is 1. The lowest BCUT2D eigenvalue weighted by Crippen LogP contribution is -2.08. The summed E-state index contributed by atoms with van der Waals surface area (Å²) >= 11 is 0. The predicted molar refractivity (Wildman–Crippen MR) is 97.0 cm³/mol. The first kappa shape index (κ1) is 14.9. The molecule has 4 nitrogen and oxygen atoms in total. The molecule has 1 N–H and O–H groups in total. The Hall–Kier alpha value is -3.71. The molecule has 25 heavy (non-hydrogen) atoms. The molecule has 0 aromatic heterocycles. The topological polar surface area (TPSA) is 73.4 Å². The number of hydrogen-bond donors (Lipinski definition) is 1. The number of fused-ring (bicyclic) bond motifs is 2. The number of carbonyl (C=O) groups excluding carboxylic acids is 1. The summed E-state index contributed by atoms with van der Waals surface area (Å²) < 4.78 is 0. The molecule has 3 aromatic carbocycles. The molecule has 0 bridgehead atoms. The van der Waals surface area contributed by atoms with Crippen LogP contribution in [0, 0.1) is 11.3 Å². The van der Waals surface area contributed by atoms with Gasteiger partial charge in [0.15, 0.2) is 11.5 Å². The molecule has 0 aliphatic heterocycles. The van der Waals surface area contributed by atoms with Crippen LogP contribution in [0.4, 0.5) is 5.69 Å². The Bertz CT molecular complexity index is 1130. The summed E-state index contributed by atoms with van der Waals surface area (Å²) in [5, 5.41) is 21.9. The van der Waals surface area contributed by atoms with E-state index in [0.29, 0.717) is 16.8 Å². The number of rotatable bonds is 2. The number of allylic oxidation sites excluding steroid dienone is 1. The molecular formula is C21H12N2O2. The first-order chi connectivity index (χ1) is 12.2. The fourth-order valence-electron chi connectivity index (χ4n) is 3.00. The smallest absolute Gasteiger partial charge is 0.200 e. The van der Waals surface area contributed by atoms with Crippen molar-refractivity contribution in [1.29, 1.82) is 5.26 Å². The molecule has 0 radical (unpaired) electrons. The van der Waals surface area contributed by atoms with Gasteiger partial charge in [-0.15, -0.1) is 0 Å². The first-order valence-electron chi connectivity index (χ1n) is 7.74. The normalized spacial score (nSPS) is 13.9. The average molecular weight is 324 g/mol. The van der Waals surface area contributed by atoms with Crippen LogP contribution in [-0.4, -0.2) is 16.6 Å². The molecule has 1 aliphatic rings. The van der Waals surface area contributed by atoms with Crippen molar-refractivity contribution in [2.45, 2.75) is 0 Å². The van der Waals surface area contributed by atoms with Gasteiger partial charge in [0.2, 0.25) is 0 Å². The lowest BCUT2D eigenvalue weighted by molar-refractivity contribution is 0.104. The van der Waals surface area contributed by atoms with Crippen LogP contribution in [0.2, 0.25) is 0 Å². The van der Waals surface area contributed by atoms with E-state index in [1.54, 1.807) is 30.3 Å². The van der Waals surface area contributed by atoms with E-state index in [1.807, 2.05) is 42.5 Å². The second kappa shape index (κ2) is 5.73. The van der Waals surface area contributed by atoms with Crippen LogP contribution in [0.5, 0.6) is 0 Å². The second-order valence-corrected chi connectivity index (χ2v) is 5.70. The summed E-state index contributed by atoms with van der Waals surface area (Å²) in [7, 11) is 0. The third-order valence-corrected chi connectivity index (χ3v) is 4.21. The zero-order chi connectivity index (χ0) is 17.4. The van der Waals surface area contributed by atoms with Crippen LogP contribution in [0.1, 0.15) is 15.9 Å². The van der Waals surface area contributed by atoms with Crippen LogP contribution < -0.4 is 0 Å². The Balaban J connectivity index is 1.83. The highest BCUT2D eigenvalue weighted by Gasteiger charge is 2.32. The maximum Gasteiger partial charge on any atom is 0.200 e. The number of nitriles is 1. The molecule has 0 saturated carbocycles. The summed E-state index contributed by atoms with van der Waals surface area (Å²) in [6.07, 6.45) is 0. The number of hydrogen-bond acceptors (Lipinski definition) is 4. The van der Waals surface area contributed by atoms with Crippen molar-refractivity contribution in [3.63, 3.8) is 0 Å². The summed E-state index contributed by atoms with van der Waals surface area (Å²) in [5.74, 6) is -0.573. The minimum absolute atomic E-state index is 0.0446. The van der Waals surface area contributed by atoms with Crippen LogP contribution >= 0.6 is 0 Å². The third kappa shape index (κ3) is 2.39. The number of aliphatic imine (C=N–C) groups is 1. The van der Waals surface area contributed by atoms with Gasteiger partial charge in [0.1, 0.15) is 17.4 Å². The Morgan fingerprint density at radius 3 is 2.32 bits per heavy atom. The van der Waals surface area contributed by atoms with E-state index < -0.39 is 0 Å². The van der Waals surface area contributed by atoms with Gasteiger partial charge in [-0.3, -0.25) is 4.79 Å². The van der Waals surface area contributed by atoms with Crippen molar-refractivity contribution in [1.82, 2.24) is 0 Å². The van der Waals surface area contributed by atoms with E-state index in [1.165, 1.54) is 0 Å². The molecule has 0 heterocycles. The van der Waals surface area contributed by atoms with Crippen LogP contribution in [-0.2, 0) is 0 Å². The van der Waals surface area contributed by atoms with E-state index in [4.69, 9.17) is 0 Å². The molecule has 0 atom stereocenters. The van der Waals surface area contributed by atoms with E-state index in [0.717, 1.165) is 10.8 Å². The number of Topliss-reactive ketones (excluding diaryl/α,β-unsaturated/α-hetero) is 1. The van der Waals surface area contributed by atoms with Gasteiger partial charge < -0.3 is 5.11 Å². The SMILES string of the molecule is N#CC(=Nc1ccc2ccccc2c1)C1=C(O)c2ccccc2C1=O. The van der Waals surface area contributed by atoms with Gasteiger partial charge >= 0.3 is 0 Å². The van der Waals surface area contributed by atoms with Crippen LogP contribution in [0.25, 0.3) is 16.5 Å². The molecule has 118 valence electrons. The Morgan fingerprint density at radius 2 is 1.60 bits per heavy atom. The number of aliphatic hydroxyl groups excluding tert-OH is 1. The lowest BCUT2D eigenvalue weighted by atomic mass is 10.1. The van der Waals surface area contributed by atoms with E-state index in [-0.39, 0.29) is 22.8 Å². The lowest BCUT2D eigenvalue weighted by Gasteiger charge is -2.02. The van der Waals surface area contributed by atoms with Crippen molar-refractivity contribution in [2.24, 2.45) is 4.99 Å². The van der Waals surface area contributed by atoms with Gasteiger partial charge in [-0.05, 0) is 22.9 Å². The van der Waals surface area contributed by atoms with E-state index in [2.05, 4.69) is 4.99 Å². The van der Waals surface area contributed by atoms with Gasteiger partial charge in [-0.25, -0.2) is 4.99 Å². The fraction of sp³-hybridized carbons (Fsp3) is 0. The highest BCUT2D eigenvalue weighted by molar-refractivity contribution is 6.39. The molecule has 4 rings (SSSR count). The van der Waals surface area contributed by atoms with Gasteiger partial charge in [0.05, 0.1) is 5.69 Å². The third-order valence-electron chi connectivity index (χ3n) is 4.21. The number of benzene rings is 3. The van der Waals surface area contributed by atoms with Gasteiger partial charge in [-0.2, -0.15) is 5.26 Å². The molecule has 0 amide bonds. The summed E-state index contributed by atoms with van der Waals surface area (Å²) in [4.78, 5) is 16.9. The van der Waals surface area contributed by atoms with Crippen molar-refractivity contribution < 1.29 is 9.90 Å². The zero-order valence-corrected chi connectivity index (χ0v) is 13.1. The Morgan fingerprint density at radius 1 is 0.920 bits per heavy atom. The minimum Gasteiger partial charge on any atom is -0.506 e. The van der Waals surface area contributed by atoms with Crippen LogP contribution in [0.15, 0.2) is 77.3 Å². The molecular weight excluding hydrogens is 312 g/mol. The van der Waals surface area contributed by atoms with Gasteiger partial charge in [-0.1, -0.05) is 54.6 Å². The fourth-order valence-corrected chi connectivity index (χ4v) is 3.00. The summed E-state index contributed by atoms with van der Waals surface area (Å²) in [5.41, 5.74) is 1.24. The molecule has 0 fully saturated rings. The Labute approximate surface area is 144 Å². The maximum absolute atomic E-state index is 12.6. The molecule has 0 unspecified atom stereocenters. The predicted octanol–water partition coefficient (Wildman–Crippen LogP) is 4.60. The van der Waals surface area contributed by atoms with Crippen molar-refractivity contribution in [3.8, 4) is 6.07 Å². The Kier molecular flexibility index (Phi) is 3.41. The van der Waals surface area contributed by atoms with Gasteiger partial charge in [0.25, 0.3) is 0 Å². The van der Waals surface area contributed by atoms with Crippen molar-refractivity contribution in [2.75, 3.05) is 0 Å². The van der Waals surface area contributed by atoms with Crippen molar-refractivity contribution >= 4 is 33.7 Å². The molecule has 0 saturated heterocycles. The first-order valence-corrected chi connectivity index (χ1v) is 7.74. The van der Waals surface area contributed by atoms with Gasteiger partial charge in [0, 0.05) is 11.1 Å². The van der Waals surface area contributed by atoms with E-state index in [9.17, 15) is 15.2 Å². The molecule has 1 aliphatic carbocycles. The molecule has 4 heteroatoms. The number of aliphatic hydroxyl groups is 1. The molecule has 0 spiro atoms. The monoisotopic (exact) mass is 324 g/mol. The van der Waals surface area contributed by atoms with Crippen LogP contribution in [0.3, 0.4) is 0 Å². The second-order valence-electron chi connectivity index (χ2n) is 5.70. The number of nitrogens with zero attached hydrogens (tertiary/aromatic N) is 2. The van der Waals surface area contributed by atoms with E-state index >= 15 is 0 Å². The minimum atomic E-state index is -0.380. The number of carbonyl (C=O) groups is 1. The largest absolute Gasteiger partial charge is 0.506 e. The zero-order valence-electron chi connectivity index (χ0n) is 13.1. The maximum atomic E-state index is 12.6.